The Labute approximate surface area is 139 Å². The molecule has 2 aliphatic rings. The summed E-state index contributed by atoms with van der Waals surface area (Å²) in [6, 6.07) is 2.02. The fourth-order valence-corrected chi connectivity index (χ4v) is 4.28. The summed E-state index contributed by atoms with van der Waals surface area (Å²) in [4.78, 5) is 25.8. The highest BCUT2D eigenvalue weighted by Crippen LogP contribution is 2.31. The van der Waals surface area contributed by atoms with Gasteiger partial charge in [0.2, 0.25) is 5.91 Å². The summed E-state index contributed by atoms with van der Waals surface area (Å²) in [5.74, 6) is 1.31. The maximum absolute atomic E-state index is 12.8. The number of thiophene rings is 1. The lowest BCUT2D eigenvalue weighted by Crippen LogP contribution is -2.48. The van der Waals surface area contributed by atoms with Crippen LogP contribution >= 0.6 is 11.3 Å². The normalized spacial score (nSPS) is 22.5. The van der Waals surface area contributed by atoms with Crippen molar-refractivity contribution in [2.24, 2.45) is 5.92 Å². The van der Waals surface area contributed by atoms with Gasteiger partial charge in [-0.2, -0.15) is 0 Å². The van der Waals surface area contributed by atoms with Gasteiger partial charge < -0.3 is 14.5 Å². The van der Waals surface area contributed by atoms with E-state index >= 15 is 0 Å². The number of amides is 1. The molecule has 2 fully saturated rings. The zero-order valence-corrected chi connectivity index (χ0v) is 13.8. The van der Waals surface area contributed by atoms with Gasteiger partial charge in [0.05, 0.1) is 29.3 Å². The molecule has 1 amide bonds. The summed E-state index contributed by atoms with van der Waals surface area (Å²) >= 11 is 1.67. The lowest BCUT2D eigenvalue weighted by molar-refractivity contribution is -0.139. The molecule has 4 rings (SSSR count). The number of carbonyl (C=O) groups excluding carboxylic acids is 1. The average molecular weight is 332 g/mol. The van der Waals surface area contributed by atoms with Gasteiger partial charge in [-0.1, -0.05) is 0 Å². The van der Waals surface area contributed by atoms with Gasteiger partial charge in [-0.25, -0.2) is 9.97 Å². The predicted octanol–water partition coefficient (Wildman–Crippen LogP) is 1.77. The number of morpholine rings is 1. The fourth-order valence-electron chi connectivity index (χ4n) is 3.41. The van der Waals surface area contributed by atoms with Crippen LogP contribution in [-0.2, 0) is 9.53 Å². The van der Waals surface area contributed by atoms with Crippen LogP contribution in [0.1, 0.15) is 12.8 Å². The molecule has 0 N–H and O–H groups in total. The first-order chi connectivity index (χ1) is 11.3. The Kier molecular flexibility index (Phi) is 4.13. The molecule has 0 aromatic carbocycles. The molecular formula is C16H20N4O2S. The van der Waals surface area contributed by atoms with Crippen LogP contribution in [0.4, 0.5) is 5.82 Å². The lowest BCUT2D eigenvalue weighted by Gasteiger charge is -2.36. The summed E-state index contributed by atoms with van der Waals surface area (Å²) < 4.78 is 6.46. The van der Waals surface area contributed by atoms with Crippen molar-refractivity contribution < 1.29 is 9.53 Å². The summed E-state index contributed by atoms with van der Waals surface area (Å²) in [6.07, 6.45) is 3.61. The third kappa shape index (κ3) is 2.90. The number of aromatic nitrogens is 2. The molecule has 2 aliphatic heterocycles. The monoisotopic (exact) mass is 332 g/mol. The van der Waals surface area contributed by atoms with Gasteiger partial charge >= 0.3 is 0 Å². The Hall–Kier alpha value is -1.73. The van der Waals surface area contributed by atoms with Crippen LogP contribution in [0, 0.1) is 5.92 Å². The molecule has 122 valence electrons. The van der Waals surface area contributed by atoms with E-state index in [2.05, 4.69) is 14.9 Å². The largest absolute Gasteiger partial charge is 0.378 e. The van der Waals surface area contributed by atoms with Crippen molar-refractivity contribution in [1.29, 1.82) is 0 Å². The topological polar surface area (TPSA) is 58.6 Å². The maximum atomic E-state index is 12.8. The van der Waals surface area contributed by atoms with E-state index < -0.39 is 0 Å². The zero-order valence-electron chi connectivity index (χ0n) is 13.0. The van der Waals surface area contributed by atoms with Gasteiger partial charge in [0, 0.05) is 26.2 Å². The second-order valence-corrected chi connectivity index (χ2v) is 6.97. The lowest BCUT2D eigenvalue weighted by atomic mass is 9.96. The molecule has 7 heteroatoms. The minimum Gasteiger partial charge on any atom is -0.378 e. The number of carbonyl (C=O) groups is 1. The van der Waals surface area contributed by atoms with Crippen LogP contribution in [0.25, 0.3) is 10.2 Å². The molecule has 0 radical (unpaired) electrons. The summed E-state index contributed by atoms with van der Waals surface area (Å²) in [5.41, 5.74) is 0.988. The number of fused-ring (bicyclic) bond motifs is 1. The average Bonchev–Trinajstić information content (AvgIpc) is 3.10. The highest BCUT2D eigenvalue weighted by molar-refractivity contribution is 7.17. The Morgan fingerprint density at radius 1 is 1.26 bits per heavy atom. The van der Waals surface area contributed by atoms with E-state index in [0.717, 1.165) is 55.1 Å². The van der Waals surface area contributed by atoms with E-state index in [0.29, 0.717) is 13.2 Å². The SMILES string of the molecule is O=C(C1CCCN(c2ncnc3ccsc23)C1)N1CCOCC1. The molecule has 23 heavy (non-hydrogen) atoms. The van der Waals surface area contributed by atoms with Crippen molar-refractivity contribution in [2.75, 3.05) is 44.3 Å². The van der Waals surface area contributed by atoms with Crippen molar-refractivity contribution in [3.05, 3.63) is 17.8 Å². The molecule has 0 spiro atoms. The van der Waals surface area contributed by atoms with Gasteiger partial charge in [0.15, 0.2) is 0 Å². The van der Waals surface area contributed by atoms with Crippen LogP contribution < -0.4 is 4.90 Å². The summed E-state index contributed by atoms with van der Waals surface area (Å²) in [7, 11) is 0. The molecule has 2 saturated heterocycles. The third-order valence-electron chi connectivity index (χ3n) is 4.62. The third-order valence-corrected chi connectivity index (χ3v) is 5.52. The molecule has 6 nitrogen and oxygen atoms in total. The molecule has 2 aromatic rings. The Balaban J connectivity index is 1.52. The van der Waals surface area contributed by atoms with Crippen LogP contribution in [0.15, 0.2) is 17.8 Å². The van der Waals surface area contributed by atoms with Crippen molar-refractivity contribution in [1.82, 2.24) is 14.9 Å². The van der Waals surface area contributed by atoms with E-state index in [9.17, 15) is 4.79 Å². The highest BCUT2D eigenvalue weighted by atomic mass is 32.1. The molecule has 4 heterocycles. The Morgan fingerprint density at radius 3 is 3.00 bits per heavy atom. The maximum Gasteiger partial charge on any atom is 0.227 e. The van der Waals surface area contributed by atoms with Gasteiger partial charge in [-0.3, -0.25) is 4.79 Å². The Morgan fingerprint density at radius 2 is 2.13 bits per heavy atom. The van der Waals surface area contributed by atoms with Crippen molar-refractivity contribution in [3.8, 4) is 0 Å². The summed E-state index contributed by atoms with van der Waals surface area (Å²) in [5, 5.41) is 2.04. The van der Waals surface area contributed by atoms with E-state index in [1.807, 2.05) is 16.3 Å². The fraction of sp³-hybridized carbons (Fsp3) is 0.562. The minimum absolute atomic E-state index is 0.0619. The van der Waals surface area contributed by atoms with Crippen LogP contribution in [-0.4, -0.2) is 60.2 Å². The van der Waals surface area contributed by atoms with Crippen LogP contribution in [0.2, 0.25) is 0 Å². The van der Waals surface area contributed by atoms with Crippen molar-refractivity contribution in [3.63, 3.8) is 0 Å². The van der Waals surface area contributed by atoms with E-state index in [-0.39, 0.29) is 11.8 Å². The highest BCUT2D eigenvalue weighted by Gasteiger charge is 2.31. The molecule has 0 saturated carbocycles. The summed E-state index contributed by atoms with van der Waals surface area (Å²) in [6.45, 7) is 4.46. The van der Waals surface area contributed by atoms with Gasteiger partial charge in [0.25, 0.3) is 0 Å². The van der Waals surface area contributed by atoms with Gasteiger partial charge in [0.1, 0.15) is 12.1 Å². The first-order valence-electron chi connectivity index (χ1n) is 8.12. The van der Waals surface area contributed by atoms with E-state index in [1.165, 1.54) is 0 Å². The van der Waals surface area contributed by atoms with Gasteiger partial charge in [-0.15, -0.1) is 11.3 Å². The molecule has 2 aromatic heterocycles. The first kappa shape index (κ1) is 14.8. The number of piperidine rings is 1. The van der Waals surface area contributed by atoms with Crippen molar-refractivity contribution in [2.45, 2.75) is 12.8 Å². The van der Waals surface area contributed by atoms with E-state index in [4.69, 9.17) is 4.74 Å². The van der Waals surface area contributed by atoms with Crippen LogP contribution in [0.3, 0.4) is 0 Å². The number of hydrogen-bond donors (Lipinski definition) is 0. The smallest absolute Gasteiger partial charge is 0.227 e. The number of nitrogens with zero attached hydrogens (tertiary/aromatic N) is 4. The second-order valence-electron chi connectivity index (χ2n) is 6.06. The number of hydrogen-bond acceptors (Lipinski definition) is 6. The van der Waals surface area contributed by atoms with E-state index in [1.54, 1.807) is 17.7 Å². The number of ether oxygens (including phenoxy) is 1. The number of rotatable bonds is 2. The number of anilines is 1. The standard InChI is InChI=1S/C16H20N4O2S/c21-16(19-5-7-22-8-6-19)12-2-1-4-20(10-12)15-14-13(3-9-23-14)17-11-18-15/h3,9,11-12H,1-2,4-8,10H2. The first-order valence-corrected chi connectivity index (χ1v) is 9.00. The molecule has 0 aliphatic carbocycles. The predicted molar refractivity (Wildman–Crippen MR) is 89.8 cm³/mol. The molecule has 0 bridgehead atoms. The Bertz CT molecular complexity index is 698. The quantitative estimate of drug-likeness (QED) is 0.839. The molecular weight excluding hydrogens is 312 g/mol. The minimum atomic E-state index is 0.0619. The molecule has 1 atom stereocenters. The zero-order chi connectivity index (χ0) is 15.6. The second kappa shape index (κ2) is 6.41. The molecule has 1 unspecified atom stereocenters. The van der Waals surface area contributed by atoms with Crippen LogP contribution in [0.5, 0.6) is 0 Å². The van der Waals surface area contributed by atoms with Gasteiger partial charge in [-0.05, 0) is 24.3 Å². The van der Waals surface area contributed by atoms with Crippen molar-refractivity contribution >= 4 is 33.3 Å².